The van der Waals surface area contributed by atoms with Crippen molar-refractivity contribution in [3.05, 3.63) is 41.5 Å². The van der Waals surface area contributed by atoms with Gasteiger partial charge in [-0.2, -0.15) is 0 Å². The fraction of sp³-hybridized carbons (Fsp3) is 0.471. The van der Waals surface area contributed by atoms with E-state index in [-0.39, 0.29) is 11.4 Å². The molecule has 1 aromatic rings. The van der Waals surface area contributed by atoms with Crippen LogP contribution in [-0.4, -0.2) is 23.4 Å². The molecule has 100 valence electrons. The van der Waals surface area contributed by atoms with Crippen molar-refractivity contribution in [2.75, 3.05) is 7.05 Å². The highest BCUT2D eigenvalue weighted by atomic mass is 16.2. The van der Waals surface area contributed by atoms with E-state index in [0.717, 1.165) is 24.0 Å². The summed E-state index contributed by atoms with van der Waals surface area (Å²) in [6, 6.07) is 10.1. The van der Waals surface area contributed by atoms with E-state index in [0.29, 0.717) is 0 Å². The molecule has 0 atom stereocenters. The Bertz CT molecular complexity index is 523. The molecule has 1 spiro atoms. The summed E-state index contributed by atoms with van der Waals surface area (Å²) in [5.74, 6) is 0.200. The van der Waals surface area contributed by atoms with Crippen LogP contribution >= 0.6 is 0 Å². The van der Waals surface area contributed by atoms with Gasteiger partial charge in [-0.25, -0.2) is 0 Å². The Morgan fingerprint density at radius 3 is 2.32 bits per heavy atom. The van der Waals surface area contributed by atoms with Gasteiger partial charge in [0.2, 0.25) is 0 Å². The first-order chi connectivity index (χ1) is 9.17. The molecule has 2 nitrogen and oxygen atoms in total. The minimum absolute atomic E-state index is 0.000504. The van der Waals surface area contributed by atoms with Gasteiger partial charge in [-0.05, 0) is 30.9 Å². The molecule has 2 aliphatic rings. The summed E-state index contributed by atoms with van der Waals surface area (Å²) in [5, 5.41) is 0. The third kappa shape index (κ3) is 1.73. The van der Waals surface area contributed by atoms with Gasteiger partial charge in [-0.15, -0.1) is 0 Å². The molecule has 19 heavy (non-hydrogen) atoms. The molecule has 1 amide bonds. The Kier molecular flexibility index (Phi) is 2.96. The first-order valence-corrected chi connectivity index (χ1v) is 7.22. The first-order valence-electron chi connectivity index (χ1n) is 7.22. The van der Waals surface area contributed by atoms with Crippen LogP contribution in [0.2, 0.25) is 0 Å². The summed E-state index contributed by atoms with van der Waals surface area (Å²) >= 11 is 0. The Labute approximate surface area is 115 Å². The van der Waals surface area contributed by atoms with E-state index in [1.54, 1.807) is 0 Å². The fourth-order valence-corrected chi connectivity index (χ4v) is 3.80. The lowest BCUT2D eigenvalue weighted by Crippen LogP contribution is -2.46. The van der Waals surface area contributed by atoms with E-state index in [9.17, 15) is 4.79 Å². The van der Waals surface area contributed by atoms with Crippen molar-refractivity contribution in [1.82, 2.24) is 4.90 Å². The second-order valence-corrected chi connectivity index (χ2v) is 5.82. The number of nitrogens with zero attached hydrogens (tertiary/aromatic N) is 1. The zero-order chi connectivity index (χ0) is 13.5. The zero-order valence-electron chi connectivity index (χ0n) is 11.8. The predicted octanol–water partition coefficient (Wildman–Crippen LogP) is 3.64. The fourth-order valence-electron chi connectivity index (χ4n) is 3.80. The average molecular weight is 255 g/mol. The molecule has 1 heterocycles. The number of rotatable bonds is 1. The van der Waals surface area contributed by atoms with Gasteiger partial charge in [0, 0.05) is 12.6 Å². The van der Waals surface area contributed by atoms with Crippen molar-refractivity contribution >= 4 is 11.5 Å². The summed E-state index contributed by atoms with van der Waals surface area (Å²) < 4.78 is 0. The van der Waals surface area contributed by atoms with E-state index in [1.807, 2.05) is 42.3 Å². The van der Waals surface area contributed by atoms with Crippen LogP contribution < -0.4 is 0 Å². The number of hydrogen-bond donors (Lipinski definition) is 0. The van der Waals surface area contributed by atoms with Gasteiger partial charge < -0.3 is 4.90 Å². The Balaban J connectivity index is 2.10. The summed E-state index contributed by atoms with van der Waals surface area (Å²) in [6.45, 7) is 2.16. The van der Waals surface area contributed by atoms with Crippen LogP contribution in [0, 0.1) is 0 Å². The third-order valence-electron chi connectivity index (χ3n) is 4.98. The molecule has 0 radical (unpaired) electrons. The van der Waals surface area contributed by atoms with Gasteiger partial charge in [0.25, 0.3) is 5.91 Å². The molecular weight excluding hydrogens is 234 g/mol. The summed E-state index contributed by atoms with van der Waals surface area (Å²) in [7, 11) is 1.98. The monoisotopic (exact) mass is 255 g/mol. The molecule has 1 aliphatic heterocycles. The number of carbonyl (C=O) groups excluding carboxylic acids is 1. The van der Waals surface area contributed by atoms with Gasteiger partial charge in [0.15, 0.2) is 0 Å². The highest BCUT2D eigenvalue weighted by Crippen LogP contribution is 2.47. The molecule has 1 saturated carbocycles. The topological polar surface area (TPSA) is 20.3 Å². The molecule has 0 N–H and O–H groups in total. The lowest BCUT2D eigenvalue weighted by Gasteiger charge is -2.41. The molecule has 2 heteroatoms. The van der Waals surface area contributed by atoms with Crippen LogP contribution in [0.1, 0.15) is 44.6 Å². The van der Waals surface area contributed by atoms with Crippen molar-refractivity contribution in [2.24, 2.45) is 0 Å². The number of hydrogen-bond acceptors (Lipinski definition) is 1. The van der Waals surface area contributed by atoms with Crippen LogP contribution in [0.4, 0.5) is 0 Å². The standard InChI is InChI=1S/C17H21NO/c1-13-15(14-9-5-3-6-10-14)16(19)18(2)17(13)11-7-4-8-12-17/h3,5-6,9-10H,4,7-8,11-12H2,1-2H3. The van der Waals surface area contributed by atoms with Crippen LogP contribution in [0.5, 0.6) is 0 Å². The number of benzene rings is 1. The van der Waals surface area contributed by atoms with Gasteiger partial charge in [-0.1, -0.05) is 49.6 Å². The second kappa shape index (κ2) is 4.52. The maximum absolute atomic E-state index is 12.7. The zero-order valence-corrected chi connectivity index (χ0v) is 11.8. The van der Waals surface area contributed by atoms with Gasteiger partial charge in [-0.3, -0.25) is 4.79 Å². The minimum Gasteiger partial charge on any atom is -0.332 e. The van der Waals surface area contributed by atoms with Gasteiger partial charge in [0.1, 0.15) is 0 Å². The van der Waals surface area contributed by atoms with E-state index in [4.69, 9.17) is 0 Å². The quantitative estimate of drug-likeness (QED) is 0.750. The van der Waals surface area contributed by atoms with Crippen LogP contribution in [0.25, 0.3) is 5.57 Å². The smallest absolute Gasteiger partial charge is 0.254 e. The maximum Gasteiger partial charge on any atom is 0.254 e. The molecule has 0 unspecified atom stereocenters. The Hall–Kier alpha value is -1.57. The number of carbonyl (C=O) groups is 1. The predicted molar refractivity (Wildman–Crippen MR) is 77.6 cm³/mol. The normalized spacial score (nSPS) is 22.4. The van der Waals surface area contributed by atoms with Crippen LogP contribution in [-0.2, 0) is 4.79 Å². The van der Waals surface area contributed by atoms with Crippen molar-refractivity contribution in [3.8, 4) is 0 Å². The Morgan fingerprint density at radius 2 is 1.68 bits per heavy atom. The minimum atomic E-state index is 0.000504. The van der Waals surface area contributed by atoms with E-state index >= 15 is 0 Å². The van der Waals surface area contributed by atoms with E-state index in [2.05, 4.69) is 6.92 Å². The third-order valence-corrected chi connectivity index (χ3v) is 4.98. The summed E-state index contributed by atoms with van der Waals surface area (Å²) in [4.78, 5) is 14.7. The maximum atomic E-state index is 12.7. The molecule has 3 rings (SSSR count). The van der Waals surface area contributed by atoms with Crippen molar-refractivity contribution in [2.45, 2.75) is 44.6 Å². The second-order valence-electron chi connectivity index (χ2n) is 5.82. The van der Waals surface area contributed by atoms with Crippen molar-refractivity contribution in [3.63, 3.8) is 0 Å². The molecular formula is C17H21NO. The Morgan fingerprint density at radius 1 is 1.05 bits per heavy atom. The lowest BCUT2D eigenvalue weighted by atomic mass is 9.76. The molecule has 0 aromatic heterocycles. The molecule has 1 fully saturated rings. The lowest BCUT2D eigenvalue weighted by molar-refractivity contribution is -0.127. The van der Waals surface area contributed by atoms with Crippen LogP contribution in [0.15, 0.2) is 35.9 Å². The summed E-state index contributed by atoms with van der Waals surface area (Å²) in [6.07, 6.45) is 6.01. The SMILES string of the molecule is CC1=C(c2ccccc2)C(=O)N(C)C12CCCCC2. The number of likely N-dealkylation sites (N-methyl/N-ethyl adjacent to an activating group) is 1. The number of amides is 1. The molecule has 1 aliphatic carbocycles. The van der Waals surface area contributed by atoms with Crippen molar-refractivity contribution in [1.29, 1.82) is 0 Å². The molecule has 0 saturated heterocycles. The van der Waals surface area contributed by atoms with Gasteiger partial charge in [0.05, 0.1) is 5.54 Å². The van der Waals surface area contributed by atoms with E-state index < -0.39 is 0 Å². The molecule has 0 bridgehead atoms. The average Bonchev–Trinajstić information content (AvgIpc) is 2.63. The van der Waals surface area contributed by atoms with E-state index in [1.165, 1.54) is 24.8 Å². The van der Waals surface area contributed by atoms with Crippen molar-refractivity contribution < 1.29 is 4.79 Å². The summed E-state index contributed by atoms with van der Waals surface area (Å²) in [5.41, 5.74) is 3.29. The highest BCUT2D eigenvalue weighted by molar-refractivity contribution is 6.23. The highest BCUT2D eigenvalue weighted by Gasteiger charge is 2.47. The first kappa shape index (κ1) is 12.5. The molecule has 1 aromatic carbocycles. The largest absolute Gasteiger partial charge is 0.332 e. The van der Waals surface area contributed by atoms with Gasteiger partial charge >= 0.3 is 0 Å². The van der Waals surface area contributed by atoms with Crippen LogP contribution in [0.3, 0.4) is 0 Å².